The summed E-state index contributed by atoms with van der Waals surface area (Å²) in [5, 5.41) is 5.21. The largest absolute Gasteiger partial charge is 0.490 e. The summed E-state index contributed by atoms with van der Waals surface area (Å²) < 4.78 is 32.9. The number of hydrogen-bond donors (Lipinski definition) is 0. The molecule has 156 valence electrons. The minimum Gasteiger partial charge on any atom is -0.490 e. The summed E-state index contributed by atoms with van der Waals surface area (Å²) in [7, 11) is -3.66. The lowest BCUT2D eigenvalue weighted by atomic mass is 10.1. The van der Waals surface area contributed by atoms with Crippen molar-refractivity contribution in [3.8, 4) is 5.75 Å². The Balaban J connectivity index is 1.49. The van der Waals surface area contributed by atoms with Gasteiger partial charge < -0.3 is 4.74 Å². The molecule has 0 saturated carbocycles. The van der Waals surface area contributed by atoms with E-state index < -0.39 is 9.84 Å². The monoisotopic (exact) mass is 432 g/mol. The number of aromatic nitrogens is 2. The molecule has 6 nitrogen and oxygen atoms in total. The minimum absolute atomic E-state index is 0.137. The van der Waals surface area contributed by atoms with Crippen molar-refractivity contribution in [3.63, 3.8) is 0 Å². The Morgan fingerprint density at radius 1 is 1.03 bits per heavy atom. The van der Waals surface area contributed by atoms with Gasteiger partial charge in [-0.05, 0) is 54.4 Å². The first-order chi connectivity index (χ1) is 14.9. The topological polar surface area (TPSA) is 78.3 Å². The van der Waals surface area contributed by atoms with Crippen LogP contribution in [0, 0.1) is 0 Å². The Hall–Kier alpha value is -3.45. The van der Waals surface area contributed by atoms with Crippen molar-refractivity contribution < 1.29 is 13.2 Å². The van der Waals surface area contributed by atoms with E-state index in [2.05, 4.69) is 5.10 Å². The molecule has 0 N–H and O–H groups in total. The molecule has 1 unspecified atom stereocenters. The molecule has 7 heteroatoms. The van der Waals surface area contributed by atoms with Crippen molar-refractivity contribution in [1.82, 2.24) is 9.78 Å². The van der Waals surface area contributed by atoms with E-state index in [1.165, 1.54) is 16.8 Å². The molecule has 0 spiro atoms. The number of sulfone groups is 1. The normalized spacial score (nSPS) is 15.6. The zero-order valence-corrected chi connectivity index (χ0v) is 17.7. The summed E-state index contributed by atoms with van der Waals surface area (Å²) in [6, 6.07) is 18.7. The molecule has 5 rings (SSSR count). The number of ether oxygens (including phenoxy) is 1. The van der Waals surface area contributed by atoms with Gasteiger partial charge in [-0.25, -0.2) is 13.1 Å². The Morgan fingerprint density at radius 2 is 1.84 bits per heavy atom. The second-order valence-corrected chi connectivity index (χ2v) is 9.70. The van der Waals surface area contributed by atoms with Gasteiger partial charge in [0.1, 0.15) is 11.9 Å². The third-order valence-corrected chi connectivity index (χ3v) is 7.25. The number of hydrogen-bond acceptors (Lipinski definition) is 5. The second kappa shape index (κ2) is 7.35. The third kappa shape index (κ3) is 3.51. The predicted octanol–water partition coefficient (Wildman–Crippen LogP) is 3.60. The van der Waals surface area contributed by atoms with E-state index in [9.17, 15) is 13.2 Å². The van der Waals surface area contributed by atoms with Crippen LogP contribution >= 0.6 is 0 Å². The second-order valence-electron chi connectivity index (χ2n) is 7.75. The first-order valence-corrected chi connectivity index (χ1v) is 11.5. The number of benzene rings is 3. The van der Waals surface area contributed by atoms with Gasteiger partial charge in [0, 0.05) is 11.8 Å². The van der Waals surface area contributed by atoms with Gasteiger partial charge in [0.25, 0.3) is 5.56 Å². The maximum Gasteiger partial charge on any atom is 0.274 e. The van der Waals surface area contributed by atoms with Crippen LogP contribution in [0.5, 0.6) is 5.75 Å². The highest BCUT2D eigenvalue weighted by Gasteiger charge is 2.20. The number of fused-ring (bicyclic) bond motifs is 2. The van der Waals surface area contributed by atoms with Crippen LogP contribution < -0.4 is 10.3 Å². The molecule has 0 bridgehead atoms. The van der Waals surface area contributed by atoms with Gasteiger partial charge in [0.05, 0.1) is 27.9 Å². The molecule has 0 radical (unpaired) electrons. The smallest absolute Gasteiger partial charge is 0.274 e. The van der Waals surface area contributed by atoms with Gasteiger partial charge >= 0.3 is 0 Å². The van der Waals surface area contributed by atoms with Gasteiger partial charge in [0.15, 0.2) is 0 Å². The summed E-state index contributed by atoms with van der Waals surface area (Å²) in [6.45, 7) is 2.36. The van der Waals surface area contributed by atoms with E-state index in [0.717, 1.165) is 23.3 Å². The summed E-state index contributed by atoms with van der Waals surface area (Å²) in [5.74, 6) is 0.891. The number of nitrogens with zero attached hydrogens (tertiary/aromatic N) is 2. The molecule has 1 aliphatic heterocycles. The lowest BCUT2D eigenvalue weighted by molar-refractivity contribution is 0.254. The van der Waals surface area contributed by atoms with Crippen molar-refractivity contribution >= 4 is 20.6 Å². The average molecular weight is 433 g/mol. The molecule has 0 aliphatic carbocycles. The van der Waals surface area contributed by atoms with Crippen molar-refractivity contribution in [2.45, 2.75) is 35.8 Å². The van der Waals surface area contributed by atoms with Crippen molar-refractivity contribution in [2.24, 2.45) is 0 Å². The molecule has 31 heavy (non-hydrogen) atoms. The molecule has 0 amide bonds. The molecule has 0 fully saturated rings. The van der Waals surface area contributed by atoms with Gasteiger partial charge in [0.2, 0.25) is 9.84 Å². The number of rotatable bonds is 4. The zero-order chi connectivity index (χ0) is 21.6. The maximum atomic E-state index is 13.0. The molecule has 1 atom stereocenters. The Kier molecular flexibility index (Phi) is 4.63. The van der Waals surface area contributed by atoms with E-state index in [1.807, 2.05) is 25.1 Å². The Bertz CT molecular complexity index is 1460. The molecule has 1 aromatic heterocycles. The van der Waals surface area contributed by atoms with Crippen LogP contribution in [-0.4, -0.2) is 24.3 Å². The minimum atomic E-state index is -3.66. The van der Waals surface area contributed by atoms with Crippen LogP contribution in [0.15, 0.2) is 87.5 Å². The van der Waals surface area contributed by atoms with Crippen molar-refractivity contribution in [3.05, 3.63) is 94.4 Å². The van der Waals surface area contributed by atoms with Crippen LogP contribution in [0.1, 0.15) is 18.1 Å². The Morgan fingerprint density at radius 3 is 2.65 bits per heavy atom. The fourth-order valence-corrected chi connectivity index (χ4v) is 5.24. The van der Waals surface area contributed by atoms with E-state index in [0.29, 0.717) is 17.3 Å². The van der Waals surface area contributed by atoms with Crippen LogP contribution in [0.4, 0.5) is 0 Å². The summed E-state index contributed by atoms with van der Waals surface area (Å²) in [5.41, 5.74) is 1.84. The molecule has 1 aliphatic rings. The molecular formula is C24H20N2O4S. The molecule has 3 aromatic carbocycles. The van der Waals surface area contributed by atoms with Crippen LogP contribution in [0.2, 0.25) is 0 Å². The molecule has 0 saturated heterocycles. The van der Waals surface area contributed by atoms with E-state index in [4.69, 9.17) is 4.74 Å². The fourth-order valence-electron chi connectivity index (χ4n) is 3.93. The highest BCUT2D eigenvalue weighted by molar-refractivity contribution is 7.91. The zero-order valence-electron chi connectivity index (χ0n) is 16.9. The van der Waals surface area contributed by atoms with E-state index in [-0.39, 0.29) is 21.5 Å². The maximum absolute atomic E-state index is 13.0. The van der Waals surface area contributed by atoms with Gasteiger partial charge in [-0.2, -0.15) is 5.10 Å². The van der Waals surface area contributed by atoms with E-state index in [1.54, 1.807) is 42.6 Å². The first kappa shape index (κ1) is 19.5. The summed E-state index contributed by atoms with van der Waals surface area (Å²) in [4.78, 5) is 13.3. The first-order valence-electron chi connectivity index (χ1n) is 10.0. The highest BCUT2D eigenvalue weighted by Crippen LogP contribution is 2.29. The molecule has 4 aromatic rings. The molecule has 2 heterocycles. The van der Waals surface area contributed by atoms with Gasteiger partial charge in [-0.3, -0.25) is 4.79 Å². The summed E-state index contributed by atoms with van der Waals surface area (Å²) >= 11 is 0. The quantitative estimate of drug-likeness (QED) is 0.492. The highest BCUT2D eigenvalue weighted by atomic mass is 32.2. The SMILES string of the molecule is CC1Cc2cc(Cn3ncc4cc(S(=O)(=O)c5ccccc5)ccc4c3=O)ccc2O1. The predicted molar refractivity (Wildman–Crippen MR) is 117 cm³/mol. The van der Waals surface area contributed by atoms with Crippen LogP contribution in [0.25, 0.3) is 10.8 Å². The van der Waals surface area contributed by atoms with Gasteiger partial charge in [-0.1, -0.05) is 30.3 Å². The fraction of sp³-hybridized carbons (Fsp3) is 0.167. The lowest BCUT2D eigenvalue weighted by Gasteiger charge is -2.09. The Labute approximate surface area is 179 Å². The third-order valence-electron chi connectivity index (χ3n) is 5.48. The van der Waals surface area contributed by atoms with Crippen LogP contribution in [0.3, 0.4) is 0 Å². The standard InChI is InChI=1S/C24H20N2O4S/c1-16-11-18-12-17(7-10-23(18)30-16)15-26-24(27)22-9-8-21(13-19(22)14-25-26)31(28,29)20-5-3-2-4-6-20/h2-10,12-14,16H,11,15H2,1H3. The summed E-state index contributed by atoms with van der Waals surface area (Å²) in [6.07, 6.45) is 2.55. The van der Waals surface area contributed by atoms with Crippen molar-refractivity contribution in [2.75, 3.05) is 0 Å². The molecular weight excluding hydrogens is 412 g/mol. The average Bonchev–Trinajstić information content (AvgIpc) is 3.15. The van der Waals surface area contributed by atoms with Gasteiger partial charge in [-0.15, -0.1) is 0 Å². The lowest BCUT2D eigenvalue weighted by Crippen LogP contribution is -2.23. The van der Waals surface area contributed by atoms with Crippen molar-refractivity contribution in [1.29, 1.82) is 0 Å². The van der Waals surface area contributed by atoms with E-state index >= 15 is 0 Å². The van der Waals surface area contributed by atoms with Crippen LogP contribution in [-0.2, 0) is 22.8 Å².